The van der Waals surface area contributed by atoms with E-state index in [0.717, 1.165) is 18.4 Å². The van der Waals surface area contributed by atoms with Gasteiger partial charge in [0, 0.05) is 24.7 Å². The van der Waals surface area contributed by atoms with Gasteiger partial charge >= 0.3 is 0 Å². The molecule has 0 aromatic heterocycles. The Balaban J connectivity index is 1.46. The van der Waals surface area contributed by atoms with Gasteiger partial charge < -0.3 is 19.7 Å². The minimum atomic E-state index is -0.345. The molecule has 9 heteroatoms. The van der Waals surface area contributed by atoms with Gasteiger partial charge in [0.25, 0.3) is 5.91 Å². The zero-order valence-electron chi connectivity index (χ0n) is 18.2. The molecule has 0 spiro atoms. The van der Waals surface area contributed by atoms with Crippen LogP contribution in [0, 0.1) is 0 Å². The summed E-state index contributed by atoms with van der Waals surface area (Å²) in [6.45, 7) is 0.876. The summed E-state index contributed by atoms with van der Waals surface area (Å²) in [5, 5.41) is 3.44. The molecular formula is C24H26ClN3O5. The Kier molecular flexibility index (Phi) is 7.47. The summed E-state index contributed by atoms with van der Waals surface area (Å²) in [7, 11) is 0. The van der Waals surface area contributed by atoms with Crippen LogP contribution in [0.5, 0.6) is 5.75 Å². The number of halogens is 1. The quantitative estimate of drug-likeness (QED) is 0.638. The van der Waals surface area contributed by atoms with E-state index in [2.05, 4.69) is 5.32 Å². The van der Waals surface area contributed by atoms with Crippen LogP contribution in [0.3, 0.4) is 0 Å². The maximum atomic E-state index is 13.3. The van der Waals surface area contributed by atoms with Crippen molar-refractivity contribution >= 4 is 35.0 Å². The van der Waals surface area contributed by atoms with Crippen molar-refractivity contribution in [2.45, 2.75) is 25.5 Å². The lowest BCUT2D eigenvalue weighted by atomic mass is 10.2. The molecule has 1 fully saturated rings. The number of hydrogen-bond donors (Lipinski definition) is 1. The number of para-hydroxylation sites is 2. The molecule has 2 aromatic rings. The molecule has 2 aliphatic rings. The maximum Gasteiger partial charge on any atom is 0.265 e. The molecule has 0 aliphatic carbocycles. The van der Waals surface area contributed by atoms with Crippen LogP contribution in [0.4, 0.5) is 5.69 Å². The number of carbonyl (C=O) groups is 3. The molecule has 2 heterocycles. The lowest BCUT2D eigenvalue weighted by Crippen LogP contribution is -2.49. The van der Waals surface area contributed by atoms with Crippen LogP contribution in [-0.4, -0.2) is 61.6 Å². The number of anilines is 1. The molecule has 2 aromatic carbocycles. The number of rotatable bonds is 8. The van der Waals surface area contributed by atoms with Crippen LogP contribution >= 0.6 is 11.6 Å². The number of nitrogens with one attached hydrogen (secondary N) is 1. The van der Waals surface area contributed by atoms with Gasteiger partial charge in [-0.05, 0) is 42.7 Å². The summed E-state index contributed by atoms with van der Waals surface area (Å²) in [5.41, 5.74) is 1.37. The predicted octanol–water partition coefficient (Wildman–Crippen LogP) is 2.39. The minimum absolute atomic E-state index is 0.0110. The highest BCUT2D eigenvalue weighted by Crippen LogP contribution is 2.31. The highest BCUT2D eigenvalue weighted by molar-refractivity contribution is 6.30. The van der Waals surface area contributed by atoms with Gasteiger partial charge in [0.2, 0.25) is 11.8 Å². The standard InChI is InChI=1S/C24H26ClN3O5/c25-18-9-7-17(8-10-18)13-27(14-22(29)26-12-19-4-3-11-32-19)23(30)15-28-20-5-1-2-6-21(20)33-16-24(28)31/h1-2,5-10,19H,3-4,11-16H2,(H,26,29)/t19-/m0/s1. The van der Waals surface area contributed by atoms with Crippen molar-refractivity contribution in [3.63, 3.8) is 0 Å². The monoisotopic (exact) mass is 471 g/mol. The van der Waals surface area contributed by atoms with E-state index < -0.39 is 0 Å². The number of ether oxygens (including phenoxy) is 2. The molecule has 1 N–H and O–H groups in total. The lowest BCUT2D eigenvalue weighted by Gasteiger charge is -2.31. The summed E-state index contributed by atoms with van der Waals surface area (Å²) < 4.78 is 11.0. The van der Waals surface area contributed by atoms with Gasteiger partial charge in [-0.25, -0.2) is 0 Å². The van der Waals surface area contributed by atoms with Crippen molar-refractivity contribution in [2.24, 2.45) is 0 Å². The van der Waals surface area contributed by atoms with Crippen LogP contribution in [0.15, 0.2) is 48.5 Å². The maximum absolute atomic E-state index is 13.3. The van der Waals surface area contributed by atoms with Crippen LogP contribution < -0.4 is 15.0 Å². The van der Waals surface area contributed by atoms with Crippen LogP contribution in [0.2, 0.25) is 5.02 Å². The first kappa shape index (κ1) is 23.1. The van der Waals surface area contributed by atoms with E-state index in [-0.39, 0.29) is 50.1 Å². The summed E-state index contributed by atoms with van der Waals surface area (Å²) in [6, 6.07) is 14.2. The smallest absolute Gasteiger partial charge is 0.265 e. The summed E-state index contributed by atoms with van der Waals surface area (Å²) in [6.07, 6.45) is 1.90. The lowest BCUT2D eigenvalue weighted by molar-refractivity contribution is -0.136. The second-order valence-electron chi connectivity index (χ2n) is 8.05. The zero-order valence-corrected chi connectivity index (χ0v) is 18.9. The number of fused-ring (bicyclic) bond motifs is 1. The van der Waals surface area contributed by atoms with E-state index in [0.29, 0.717) is 29.6 Å². The predicted molar refractivity (Wildman–Crippen MR) is 123 cm³/mol. The van der Waals surface area contributed by atoms with E-state index in [1.807, 2.05) is 12.1 Å². The average molecular weight is 472 g/mol. The van der Waals surface area contributed by atoms with Crippen molar-refractivity contribution in [3.8, 4) is 5.75 Å². The Hall–Kier alpha value is -3.10. The minimum Gasteiger partial charge on any atom is -0.482 e. The van der Waals surface area contributed by atoms with E-state index >= 15 is 0 Å². The molecule has 0 radical (unpaired) electrons. The van der Waals surface area contributed by atoms with Gasteiger partial charge in [0.05, 0.1) is 18.3 Å². The fraction of sp³-hybridized carbons (Fsp3) is 0.375. The molecule has 1 saturated heterocycles. The summed E-state index contributed by atoms with van der Waals surface area (Å²) >= 11 is 5.98. The van der Waals surface area contributed by atoms with E-state index in [1.165, 1.54) is 9.80 Å². The number of hydrogen-bond acceptors (Lipinski definition) is 5. The van der Waals surface area contributed by atoms with Crippen LogP contribution in [-0.2, 0) is 25.7 Å². The van der Waals surface area contributed by atoms with E-state index in [9.17, 15) is 14.4 Å². The molecule has 0 unspecified atom stereocenters. The second kappa shape index (κ2) is 10.7. The molecule has 1 atom stereocenters. The Bertz CT molecular complexity index is 1010. The summed E-state index contributed by atoms with van der Waals surface area (Å²) in [4.78, 5) is 41.3. The Morgan fingerprint density at radius 2 is 1.94 bits per heavy atom. The first-order valence-corrected chi connectivity index (χ1v) is 11.3. The highest BCUT2D eigenvalue weighted by Gasteiger charge is 2.29. The first-order chi connectivity index (χ1) is 16.0. The van der Waals surface area contributed by atoms with E-state index in [4.69, 9.17) is 21.1 Å². The first-order valence-electron chi connectivity index (χ1n) is 10.9. The van der Waals surface area contributed by atoms with Gasteiger partial charge in [-0.2, -0.15) is 0 Å². The topological polar surface area (TPSA) is 88.2 Å². The average Bonchev–Trinajstić information content (AvgIpc) is 3.34. The summed E-state index contributed by atoms with van der Waals surface area (Å²) in [5.74, 6) is -0.386. The number of carbonyl (C=O) groups excluding carboxylic acids is 3. The van der Waals surface area contributed by atoms with Crippen LogP contribution in [0.25, 0.3) is 0 Å². The number of nitrogens with zero attached hydrogens (tertiary/aromatic N) is 2. The number of benzene rings is 2. The van der Waals surface area contributed by atoms with Gasteiger partial charge in [-0.1, -0.05) is 35.9 Å². The van der Waals surface area contributed by atoms with Gasteiger partial charge in [0.1, 0.15) is 12.3 Å². The molecule has 0 bridgehead atoms. The second-order valence-corrected chi connectivity index (χ2v) is 8.49. The largest absolute Gasteiger partial charge is 0.482 e. The Morgan fingerprint density at radius 1 is 1.15 bits per heavy atom. The molecule has 2 aliphatic heterocycles. The molecule has 0 saturated carbocycles. The third-order valence-electron chi connectivity index (χ3n) is 5.63. The normalized spacial score (nSPS) is 17.3. The molecule has 33 heavy (non-hydrogen) atoms. The van der Waals surface area contributed by atoms with Gasteiger partial charge in [-0.15, -0.1) is 0 Å². The fourth-order valence-corrected chi connectivity index (χ4v) is 3.99. The Labute approximate surface area is 197 Å². The number of amides is 3. The molecule has 8 nitrogen and oxygen atoms in total. The van der Waals surface area contributed by atoms with Crippen LogP contribution in [0.1, 0.15) is 18.4 Å². The fourth-order valence-electron chi connectivity index (χ4n) is 3.87. The van der Waals surface area contributed by atoms with Crippen molar-refractivity contribution in [2.75, 3.05) is 37.7 Å². The molecule has 4 rings (SSSR count). The molecule has 174 valence electrons. The van der Waals surface area contributed by atoms with Crippen molar-refractivity contribution in [1.29, 1.82) is 0 Å². The highest BCUT2D eigenvalue weighted by atomic mass is 35.5. The van der Waals surface area contributed by atoms with Crippen molar-refractivity contribution < 1.29 is 23.9 Å². The molecule has 3 amide bonds. The van der Waals surface area contributed by atoms with Gasteiger partial charge in [-0.3, -0.25) is 19.3 Å². The van der Waals surface area contributed by atoms with E-state index in [1.54, 1.807) is 36.4 Å². The molecular weight excluding hydrogens is 446 g/mol. The Morgan fingerprint density at radius 3 is 2.70 bits per heavy atom. The SMILES string of the molecule is O=C(CN(Cc1ccc(Cl)cc1)C(=O)CN1C(=O)COc2ccccc21)NC[C@@H]1CCCO1. The van der Waals surface area contributed by atoms with Crippen molar-refractivity contribution in [3.05, 3.63) is 59.1 Å². The van der Waals surface area contributed by atoms with Gasteiger partial charge in [0.15, 0.2) is 6.61 Å². The van der Waals surface area contributed by atoms with Crippen molar-refractivity contribution in [1.82, 2.24) is 10.2 Å². The zero-order chi connectivity index (χ0) is 23.2. The third-order valence-corrected chi connectivity index (χ3v) is 5.88. The third kappa shape index (κ3) is 6.03.